The van der Waals surface area contributed by atoms with Gasteiger partial charge in [-0.1, -0.05) is 48.5 Å². The van der Waals surface area contributed by atoms with Gasteiger partial charge in [0.15, 0.2) is 5.69 Å². The van der Waals surface area contributed by atoms with Gasteiger partial charge in [0, 0.05) is 10.9 Å². The lowest BCUT2D eigenvalue weighted by Crippen LogP contribution is -2.42. The second-order valence-corrected chi connectivity index (χ2v) is 5.56. The average Bonchev–Trinajstić information content (AvgIpc) is 3.34. The third kappa shape index (κ3) is 2.91. The van der Waals surface area contributed by atoms with Gasteiger partial charge in [-0.2, -0.15) is 10.2 Å². The minimum absolute atomic E-state index is 0.204. The molecule has 0 unspecified atom stereocenters. The van der Waals surface area contributed by atoms with Crippen molar-refractivity contribution in [3.05, 3.63) is 72.1 Å². The normalized spacial score (nSPS) is 10.6. The van der Waals surface area contributed by atoms with Crippen LogP contribution in [-0.2, 0) is 0 Å². The van der Waals surface area contributed by atoms with Crippen LogP contribution < -0.4 is 10.9 Å². The molecule has 0 radical (unpaired) electrons. The molecule has 4 N–H and O–H groups in total. The summed E-state index contributed by atoms with van der Waals surface area (Å²) in [6.07, 6.45) is 0. The Hall–Kier alpha value is -3.94. The molecule has 0 fully saturated rings. The first-order chi connectivity index (χ1) is 12.7. The number of carbonyl (C=O) groups is 2. The van der Waals surface area contributed by atoms with Crippen LogP contribution in [0.3, 0.4) is 0 Å². The van der Waals surface area contributed by atoms with Gasteiger partial charge in [0.25, 0.3) is 11.8 Å². The summed E-state index contributed by atoms with van der Waals surface area (Å²) < 4.78 is 0. The van der Waals surface area contributed by atoms with Crippen LogP contribution in [0.2, 0.25) is 0 Å². The highest BCUT2D eigenvalue weighted by atomic mass is 16.2. The minimum Gasteiger partial charge on any atom is -0.277 e. The van der Waals surface area contributed by atoms with Crippen LogP contribution in [0.15, 0.2) is 60.7 Å². The molecule has 2 amide bonds. The Labute approximate surface area is 147 Å². The number of rotatable bonds is 3. The number of nitrogens with one attached hydrogen (secondary N) is 4. The Bertz CT molecular complexity index is 1080. The van der Waals surface area contributed by atoms with Gasteiger partial charge < -0.3 is 0 Å². The van der Waals surface area contributed by atoms with E-state index in [0.717, 1.165) is 11.1 Å². The Morgan fingerprint density at radius 1 is 0.808 bits per heavy atom. The molecule has 26 heavy (non-hydrogen) atoms. The van der Waals surface area contributed by atoms with Gasteiger partial charge in [0.1, 0.15) is 5.69 Å². The SMILES string of the molecule is O=C(NNC(=O)c1n[nH]c2ccccc12)c1cc(-c2ccccc2)n[nH]1. The first-order valence-electron chi connectivity index (χ1n) is 7.87. The summed E-state index contributed by atoms with van der Waals surface area (Å²) in [6, 6.07) is 18.3. The molecule has 0 spiro atoms. The van der Waals surface area contributed by atoms with E-state index in [-0.39, 0.29) is 11.4 Å². The number of nitrogens with zero attached hydrogens (tertiary/aromatic N) is 2. The van der Waals surface area contributed by atoms with E-state index in [1.54, 1.807) is 12.1 Å². The van der Waals surface area contributed by atoms with E-state index in [0.29, 0.717) is 11.1 Å². The lowest BCUT2D eigenvalue weighted by Gasteiger charge is -2.04. The van der Waals surface area contributed by atoms with Crippen molar-refractivity contribution in [2.75, 3.05) is 0 Å². The van der Waals surface area contributed by atoms with Crippen LogP contribution in [0.4, 0.5) is 0 Å². The van der Waals surface area contributed by atoms with E-state index in [4.69, 9.17) is 0 Å². The number of carbonyl (C=O) groups excluding carboxylic acids is 2. The number of hydrogen-bond acceptors (Lipinski definition) is 4. The largest absolute Gasteiger partial charge is 0.290 e. The number of para-hydroxylation sites is 1. The van der Waals surface area contributed by atoms with Crippen molar-refractivity contribution in [3.63, 3.8) is 0 Å². The summed E-state index contributed by atoms with van der Waals surface area (Å²) >= 11 is 0. The summed E-state index contributed by atoms with van der Waals surface area (Å²) in [4.78, 5) is 24.4. The second kappa shape index (κ2) is 6.52. The molecule has 0 saturated heterocycles. The molecular weight excluding hydrogens is 332 g/mol. The van der Waals surface area contributed by atoms with E-state index in [9.17, 15) is 9.59 Å². The monoisotopic (exact) mass is 346 g/mol. The Morgan fingerprint density at radius 2 is 1.54 bits per heavy atom. The van der Waals surface area contributed by atoms with Gasteiger partial charge in [0.05, 0.1) is 11.2 Å². The lowest BCUT2D eigenvalue weighted by atomic mass is 10.1. The molecular formula is C18H14N6O2. The molecule has 0 atom stereocenters. The molecule has 0 aliphatic heterocycles. The highest BCUT2D eigenvalue weighted by Crippen LogP contribution is 2.17. The molecule has 2 aromatic heterocycles. The third-order valence-corrected chi connectivity index (χ3v) is 3.87. The van der Waals surface area contributed by atoms with Gasteiger partial charge in [-0.3, -0.25) is 30.6 Å². The Balaban J connectivity index is 1.44. The molecule has 0 aliphatic rings. The maximum Gasteiger partial charge on any atom is 0.290 e. The maximum atomic E-state index is 12.2. The predicted octanol–water partition coefficient (Wildman–Crippen LogP) is 2.03. The van der Waals surface area contributed by atoms with E-state index in [1.807, 2.05) is 48.5 Å². The highest BCUT2D eigenvalue weighted by molar-refractivity contribution is 6.05. The van der Waals surface area contributed by atoms with E-state index < -0.39 is 11.8 Å². The fourth-order valence-electron chi connectivity index (χ4n) is 2.57. The van der Waals surface area contributed by atoms with E-state index in [1.165, 1.54) is 0 Å². The number of hydrazine groups is 1. The van der Waals surface area contributed by atoms with Crippen LogP contribution in [0.1, 0.15) is 21.0 Å². The van der Waals surface area contributed by atoms with Crippen molar-refractivity contribution in [1.82, 2.24) is 31.2 Å². The topological polar surface area (TPSA) is 116 Å². The number of aromatic nitrogens is 4. The number of aromatic amines is 2. The fourth-order valence-corrected chi connectivity index (χ4v) is 2.57. The minimum atomic E-state index is -0.515. The lowest BCUT2D eigenvalue weighted by molar-refractivity contribution is 0.0842. The molecule has 128 valence electrons. The predicted molar refractivity (Wildman–Crippen MR) is 95.0 cm³/mol. The highest BCUT2D eigenvalue weighted by Gasteiger charge is 2.16. The van der Waals surface area contributed by atoms with Crippen molar-refractivity contribution in [1.29, 1.82) is 0 Å². The van der Waals surface area contributed by atoms with Crippen molar-refractivity contribution in [2.45, 2.75) is 0 Å². The molecule has 2 heterocycles. The molecule has 2 aromatic carbocycles. The molecule has 0 aliphatic carbocycles. The van der Waals surface area contributed by atoms with Gasteiger partial charge >= 0.3 is 0 Å². The molecule has 0 saturated carbocycles. The first-order valence-corrected chi connectivity index (χ1v) is 7.87. The number of fused-ring (bicyclic) bond motifs is 1. The summed E-state index contributed by atoms with van der Waals surface area (Å²) in [6.45, 7) is 0. The molecule has 8 heteroatoms. The van der Waals surface area contributed by atoms with Crippen molar-refractivity contribution >= 4 is 22.7 Å². The van der Waals surface area contributed by atoms with Gasteiger partial charge in [-0.05, 0) is 12.1 Å². The molecule has 4 aromatic rings. The van der Waals surface area contributed by atoms with Gasteiger partial charge in [0.2, 0.25) is 0 Å². The van der Waals surface area contributed by atoms with E-state index in [2.05, 4.69) is 31.2 Å². The van der Waals surface area contributed by atoms with Crippen molar-refractivity contribution in [3.8, 4) is 11.3 Å². The van der Waals surface area contributed by atoms with Crippen LogP contribution in [-0.4, -0.2) is 32.2 Å². The maximum absolute atomic E-state index is 12.2. The fraction of sp³-hybridized carbons (Fsp3) is 0. The van der Waals surface area contributed by atoms with Crippen molar-refractivity contribution < 1.29 is 9.59 Å². The molecule has 0 bridgehead atoms. The molecule has 8 nitrogen and oxygen atoms in total. The summed E-state index contributed by atoms with van der Waals surface area (Å²) in [5.74, 6) is -1.02. The number of benzene rings is 2. The third-order valence-electron chi connectivity index (χ3n) is 3.87. The zero-order chi connectivity index (χ0) is 17.9. The first kappa shape index (κ1) is 15.6. The quantitative estimate of drug-likeness (QED) is 0.425. The zero-order valence-electron chi connectivity index (χ0n) is 13.5. The second-order valence-electron chi connectivity index (χ2n) is 5.56. The number of H-pyrrole nitrogens is 2. The number of hydrogen-bond donors (Lipinski definition) is 4. The van der Waals surface area contributed by atoms with Crippen LogP contribution in [0, 0.1) is 0 Å². The Kier molecular flexibility index (Phi) is 3.91. The Morgan fingerprint density at radius 3 is 2.38 bits per heavy atom. The van der Waals surface area contributed by atoms with Gasteiger partial charge in [-0.25, -0.2) is 0 Å². The van der Waals surface area contributed by atoms with E-state index >= 15 is 0 Å². The van der Waals surface area contributed by atoms with Crippen molar-refractivity contribution in [2.24, 2.45) is 0 Å². The average molecular weight is 346 g/mol. The summed E-state index contributed by atoms with van der Waals surface area (Å²) in [5, 5.41) is 14.2. The number of amides is 2. The summed E-state index contributed by atoms with van der Waals surface area (Å²) in [7, 11) is 0. The van der Waals surface area contributed by atoms with Crippen LogP contribution in [0.5, 0.6) is 0 Å². The zero-order valence-corrected chi connectivity index (χ0v) is 13.5. The van der Waals surface area contributed by atoms with Crippen LogP contribution in [0.25, 0.3) is 22.2 Å². The van der Waals surface area contributed by atoms with Gasteiger partial charge in [-0.15, -0.1) is 0 Å². The smallest absolute Gasteiger partial charge is 0.277 e. The van der Waals surface area contributed by atoms with Crippen LogP contribution >= 0.6 is 0 Å². The standard InChI is InChI=1S/C18H14N6O2/c25-17(15-10-14(20-21-15)11-6-2-1-3-7-11)23-24-18(26)16-12-8-4-5-9-13(12)19-22-16/h1-10H,(H,19,22)(H,20,21)(H,23,25)(H,24,26). The summed E-state index contributed by atoms with van der Waals surface area (Å²) in [5.41, 5.74) is 7.41. The molecule has 4 rings (SSSR count).